The number of alkyl halides is 12. The Bertz CT molecular complexity index is 1200. The molecule has 0 unspecified atom stereocenters. The molecule has 0 heterocycles. The highest BCUT2D eigenvalue weighted by atomic mass is 32.3. The van der Waals surface area contributed by atoms with Crippen LogP contribution in [0.2, 0.25) is 0 Å². The highest BCUT2D eigenvalue weighted by Crippen LogP contribution is 2.56. The minimum Gasteiger partial charge on any atom is -0.280 e. The predicted octanol–water partition coefficient (Wildman–Crippen LogP) is 4.99. The summed E-state index contributed by atoms with van der Waals surface area (Å²) in [6.45, 7) is 0. The molecule has 1 aromatic rings. The summed E-state index contributed by atoms with van der Waals surface area (Å²) in [6.07, 6.45) is -15.5. The smallest absolute Gasteiger partial charge is 0.280 e. The zero-order valence-corrected chi connectivity index (χ0v) is 16.5. The highest BCUT2D eigenvalue weighted by molar-refractivity contribution is 8.14. The largest absolute Gasteiger partial charge is 0.468 e. The van der Waals surface area contributed by atoms with Gasteiger partial charge in [0, 0.05) is 0 Å². The predicted molar refractivity (Wildman–Crippen MR) is 73.4 cm³/mol. The van der Waals surface area contributed by atoms with E-state index >= 15 is 0 Å². The van der Waals surface area contributed by atoms with E-state index in [1.165, 1.54) is 0 Å². The van der Waals surface area contributed by atoms with Crippen LogP contribution in [0.3, 0.4) is 0 Å². The molecule has 0 aliphatic carbocycles. The Morgan fingerprint density at radius 1 is 0.457 bits per heavy atom. The van der Waals surface area contributed by atoms with Crippen LogP contribution in [-0.4, -0.2) is 45.6 Å². The number of hydrogen-bond acceptors (Lipinski definition) is 4. The van der Waals surface area contributed by atoms with E-state index < -0.39 is 87.7 Å². The zero-order chi connectivity index (χ0) is 28.5. The third kappa shape index (κ3) is 4.12. The topological polar surface area (TPSA) is 68.3 Å². The molecule has 0 aliphatic rings. The maximum atomic E-state index is 13.9. The summed E-state index contributed by atoms with van der Waals surface area (Å²) >= 11 is 0. The van der Waals surface area contributed by atoms with Crippen molar-refractivity contribution in [2.24, 2.45) is 0 Å². The number of rotatable bonds is 6. The van der Waals surface area contributed by atoms with Crippen LogP contribution in [0.4, 0.5) is 74.6 Å². The SMILES string of the molecule is O=S(=O)([C-](c1c(F)c(F)c(F)c(F)c1F)S(=O)(=O)C(F)(F)C(F)(F)C(F)(F)F)C(F)(F)C(F)(F)F. The van der Waals surface area contributed by atoms with E-state index in [1.54, 1.807) is 0 Å². The lowest BCUT2D eigenvalue weighted by Gasteiger charge is -2.36. The van der Waals surface area contributed by atoms with Crippen molar-refractivity contribution in [1.29, 1.82) is 0 Å². The average Bonchev–Trinajstić information content (AvgIpc) is 2.65. The Morgan fingerprint density at radius 3 is 1.03 bits per heavy atom. The Hall–Kier alpha value is -2.20. The summed E-state index contributed by atoms with van der Waals surface area (Å²) in [6, 6.07) is 0. The number of hydrogen-bond donors (Lipinski definition) is 0. The fourth-order valence-corrected chi connectivity index (χ4v) is 5.82. The lowest BCUT2D eigenvalue weighted by atomic mass is 10.2. The molecule has 1 rings (SSSR count). The van der Waals surface area contributed by atoms with Gasteiger partial charge in [-0.05, 0) is 0 Å². The lowest BCUT2D eigenvalue weighted by molar-refractivity contribution is -0.332. The van der Waals surface area contributed by atoms with Crippen LogP contribution >= 0.6 is 0 Å². The molecule has 0 saturated heterocycles. The van der Waals surface area contributed by atoms with Crippen molar-refractivity contribution in [2.45, 2.75) is 28.8 Å². The Morgan fingerprint density at radius 2 is 0.743 bits per heavy atom. The number of halogens is 17. The van der Waals surface area contributed by atoms with Crippen molar-refractivity contribution in [3.8, 4) is 0 Å². The molecule has 0 saturated carbocycles. The summed E-state index contributed by atoms with van der Waals surface area (Å²) in [5, 5.41) is -16.1. The van der Waals surface area contributed by atoms with E-state index in [9.17, 15) is 91.5 Å². The molecule has 23 heteroatoms. The molecule has 0 aliphatic heterocycles. The lowest BCUT2D eigenvalue weighted by Crippen LogP contribution is -2.59. The summed E-state index contributed by atoms with van der Waals surface area (Å²) in [5.41, 5.74) is -4.14. The average molecular weight is 595 g/mol. The fraction of sp³-hybridized carbons (Fsp3) is 0.417. The molecule has 0 bridgehead atoms. The molecular formula is C12F17O4S2-. The Kier molecular flexibility index (Phi) is 7.19. The van der Waals surface area contributed by atoms with Crippen LogP contribution in [0.5, 0.6) is 0 Å². The van der Waals surface area contributed by atoms with Gasteiger partial charge in [0.15, 0.2) is 5.82 Å². The molecule has 1 aromatic carbocycles. The van der Waals surface area contributed by atoms with Gasteiger partial charge in [-0.15, -0.1) is 0 Å². The number of sulfone groups is 2. The van der Waals surface area contributed by atoms with Gasteiger partial charge in [0.25, 0.3) is 0 Å². The molecule has 0 spiro atoms. The second-order valence-corrected chi connectivity index (χ2v) is 9.96. The standard InChI is InChI=1S/C12F17O4S2/c13-2-1(3(14)5(16)6(17)4(2)15)7(35(32,33)12(28,29)10(23,24)25)34(30,31)11(26,27)8(18,19)9(20,21)22/q-1. The first-order valence-electron chi connectivity index (χ1n) is 7.20. The second kappa shape index (κ2) is 8.16. The molecule has 4 nitrogen and oxygen atoms in total. The molecule has 0 N–H and O–H groups in total. The molecule has 0 amide bonds. The van der Waals surface area contributed by atoms with Crippen molar-refractivity contribution in [3.05, 3.63) is 39.2 Å². The Balaban J connectivity index is 4.44. The van der Waals surface area contributed by atoms with E-state index in [4.69, 9.17) is 0 Å². The highest BCUT2D eigenvalue weighted by Gasteiger charge is 2.81. The first kappa shape index (κ1) is 30.8. The van der Waals surface area contributed by atoms with Gasteiger partial charge in [-0.2, -0.15) is 52.7 Å². The minimum absolute atomic E-state index is 3.45. The molecule has 0 aromatic heterocycles. The molecule has 0 radical (unpaired) electrons. The molecule has 0 atom stereocenters. The van der Waals surface area contributed by atoms with Gasteiger partial charge in [-0.1, -0.05) is 5.56 Å². The number of benzene rings is 1. The molecule has 204 valence electrons. The van der Waals surface area contributed by atoms with Crippen LogP contribution in [-0.2, 0) is 19.7 Å². The van der Waals surface area contributed by atoms with Crippen molar-refractivity contribution in [3.63, 3.8) is 0 Å². The maximum Gasteiger partial charge on any atom is 0.468 e. The molecule has 0 fully saturated rings. The molecular weight excluding hydrogens is 595 g/mol. The quantitative estimate of drug-likeness (QED) is 0.201. The zero-order valence-electron chi connectivity index (χ0n) is 14.9. The minimum atomic E-state index is -9.08. The van der Waals surface area contributed by atoms with Crippen LogP contribution in [0.15, 0.2) is 0 Å². The third-order valence-electron chi connectivity index (χ3n) is 3.63. The van der Waals surface area contributed by atoms with Gasteiger partial charge in [0.2, 0.25) is 19.7 Å². The normalized spacial score (nSPS) is 14.9. The van der Waals surface area contributed by atoms with Crippen LogP contribution in [0.1, 0.15) is 5.56 Å². The Labute approximate surface area is 180 Å². The fourth-order valence-electron chi connectivity index (χ4n) is 1.92. The van der Waals surface area contributed by atoms with Gasteiger partial charge < -0.3 is 0 Å². The van der Waals surface area contributed by atoms with E-state index in [-0.39, 0.29) is 0 Å². The van der Waals surface area contributed by atoms with E-state index in [0.29, 0.717) is 0 Å². The summed E-state index contributed by atoms with van der Waals surface area (Å²) in [4.78, 5) is 0. The van der Waals surface area contributed by atoms with Crippen molar-refractivity contribution in [2.75, 3.05) is 0 Å². The monoisotopic (exact) mass is 595 g/mol. The summed E-state index contributed by atoms with van der Waals surface area (Å²) in [5.74, 6) is -27.0. The van der Waals surface area contributed by atoms with Crippen LogP contribution in [0.25, 0.3) is 0 Å². The molecule has 35 heavy (non-hydrogen) atoms. The van der Waals surface area contributed by atoms with Gasteiger partial charge in [-0.3, -0.25) is 8.78 Å². The van der Waals surface area contributed by atoms with Crippen molar-refractivity contribution in [1.82, 2.24) is 0 Å². The summed E-state index contributed by atoms with van der Waals surface area (Å²) in [7, 11) is -18.0. The first-order chi connectivity index (χ1) is 15.0. The van der Waals surface area contributed by atoms with Gasteiger partial charge >= 0.3 is 28.8 Å². The van der Waals surface area contributed by atoms with E-state index in [0.717, 1.165) is 0 Å². The maximum absolute atomic E-state index is 13.9. The van der Waals surface area contributed by atoms with Gasteiger partial charge in [0.1, 0.15) is 11.6 Å². The van der Waals surface area contributed by atoms with Crippen molar-refractivity contribution >= 4 is 19.7 Å². The first-order valence-corrected chi connectivity index (χ1v) is 10.2. The third-order valence-corrected chi connectivity index (χ3v) is 8.17. The van der Waals surface area contributed by atoms with Crippen molar-refractivity contribution < 1.29 is 91.5 Å². The van der Waals surface area contributed by atoms with Crippen LogP contribution in [0, 0.1) is 33.7 Å². The summed E-state index contributed by atoms with van der Waals surface area (Å²) < 4.78 is 264. The van der Waals surface area contributed by atoms with Crippen LogP contribution < -0.4 is 0 Å². The second-order valence-electron chi connectivity index (χ2n) is 5.84. The van der Waals surface area contributed by atoms with Gasteiger partial charge in [0.05, 0.1) is 16.2 Å². The van der Waals surface area contributed by atoms with E-state index in [1.807, 2.05) is 0 Å². The van der Waals surface area contributed by atoms with E-state index in [2.05, 4.69) is 0 Å². The van der Waals surface area contributed by atoms with Gasteiger partial charge in [-0.25, -0.2) is 30.0 Å².